The lowest BCUT2D eigenvalue weighted by molar-refractivity contribution is -0.265. The van der Waals surface area contributed by atoms with Crippen LogP contribution in [0.3, 0.4) is 0 Å². The lowest BCUT2D eigenvalue weighted by atomic mass is 9.80. The van der Waals surface area contributed by atoms with Crippen molar-refractivity contribution >= 4 is 93.0 Å². The van der Waals surface area contributed by atoms with Crippen LogP contribution < -0.4 is 32.3 Å². The van der Waals surface area contributed by atoms with Gasteiger partial charge >= 0.3 is 12.1 Å². The van der Waals surface area contributed by atoms with E-state index < -0.39 is 120 Å². The molecule has 2 bridgehead atoms. The van der Waals surface area contributed by atoms with Crippen LogP contribution >= 0.6 is 0 Å². The number of esters is 1. The predicted octanol–water partition coefficient (Wildman–Crippen LogP) is 7.26. The number of rotatable bonds is 27. The van der Waals surface area contributed by atoms with E-state index in [0.29, 0.717) is 207 Å². The van der Waals surface area contributed by atoms with Gasteiger partial charge in [0.05, 0.1) is 107 Å². The van der Waals surface area contributed by atoms with Gasteiger partial charge in [-0.15, -0.1) is 0 Å². The molecule has 2 aromatic carbocycles. The number of ketones is 3. The fourth-order valence-corrected chi connectivity index (χ4v) is 19.3. The van der Waals surface area contributed by atoms with E-state index in [1.807, 2.05) is 76.9 Å². The molecule has 0 unspecified atom stereocenters. The average Bonchev–Trinajstić information content (AvgIpc) is 1.16. The summed E-state index contributed by atoms with van der Waals surface area (Å²) in [5.41, 5.74) is 28.7. The Kier molecular flexibility index (Phi) is 35.5. The molecular formula is C99H132N18O21. The smallest absolute Gasteiger partial charge is 0.410 e. The van der Waals surface area contributed by atoms with Crippen LogP contribution in [-0.2, 0) is 104 Å². The zero-order valence-electron chi connectivity index (χ0n) is 80.0. The number of nitrogens with zero attached hydrogens (tertiary/aromatic N) is 14. The fourth-order valence-electron chi connectivity index (χ4n) is 19.3. The summed E-state index contributed by atoms with van der Waals surface area (Å²) in [7, 11) is 3.09. The lowest BCUT2D eigenvalue weighted by Gasteiger charge is -2.42. The Labute approximate surface area is 802 Å². The van der Waals surface area contributed by atoms with Gasteiger partial charge in [0.1, 0.15) is 59.6 Å². The van der Waals surface area contributed by atoms with Gasteiger partial charge in [-0.2, -0.15) is 10.1 Å². The minimum Gasteiger partial charge on any atom is -0.459 e. The zero-order chi connectivity index (χ0) is 97.8. The number of aliphatic hydroxyl groups is 3. The number of hydrogen-bond donors (Lipinski definition) is 7. The first-order valence-electron chi connectivity index (χ1n) is 48.1. The molecule has 5 aromatic heterocycles. The van der Waals surface area contributed by atoms with Crippen molar-refractivity contribution < 1.29 is 101 Å². The fraction of sp³-hybridized carbons (Fsp3) is 0.576. The number of hydrogen-bond acceptors (Lipinski definition) is 34. The van der Waals surface area contributed by atoms with Crippen LogP contribution in [0.2, 0.25) is 0 Å². The molecule has 6 aliphatic heterocycles. The molecule has 4 fully saturated rings. The van der Waals surface area contributed by atoms with Gasteiger partial charge in [0, 0.05) is 146 Å². The molecule has 7 aliphatic rings. The van der Waals surface area contributed by atoms with Crippen LogP contribution in [0.4, 0.5) is 28.5 Å². The number of oxazole rings is 1. The maximum Gasteiger partial charge on any atom is 0.410 e. The van der Waals surface area contributed by atoms with Crippen LogP contribution in [0, 0.1) is 29.6 Å². The first-order valence-corrected chi connectivity index (χ1v) is 48.1. The van der Waals surface area contributed by atoms with E-state index in [-0.39, 0.29) is 93.8 Å². The third kappa shape index (κ3) is 25.8. The highest BCUT2D eigenvalue weighted by atomic mass is 16.6. The number of piperazine rings is 1. The quantitative estimate of drug-likeness (QED) is 0.0115. The highest BCUT2D eigenvalue weighted by Gasteiger charge is 2.54. The average molecular weight is 1910 g/mol. The molecular weight excluding hydrogens is 1780 g/mol. The molecule has 14 rings (SSSR count). The number of cyclic esters (lactones) is 1. The molecule has 1 saturated carbocycles. The minimum absolute atomic E-state index is 0.00823. The Hall–Kier alpha value is -11.5. The number of carbonyl (C=O) groups excluding carboxylic acids is 8. The Balaban J connectivity index is 0.474. The maximum atomic E-state index is 14.8. The summed E-state index contributed by atoms with van der Waals surface area (Å²) in [4.78, 5) is 153. The van der Waals surface area contributed by atoms with Gasteiger partial charge in [-0.1, -0.05) is 82.4 Å². The highest BCUT2D eigenvalue weighted by Crippen LogP contribution is 2.40. The molecule has 4 amide bonds. The normalized spacial score (nSPS) is 26.9. The first kappa shape index (κ1) is 102. The van der Waals surface area contributed by atoms with Crippen LogP contribution in [0.15, 0.2) is 113 Å². The van der Waals surface area contributed by atoms with Crippen molar-refractivity contribution in [2.24, 2.45) is 35.3 Å². The van der Waals surface area contributed by atoms with Crippen molar-refractivity contribution in [2.75, 3.05) is 141 Å². The number of nitrogens with one attached hydrogen (secondary N) is 1. The van der Waals surface area contributed by atoms with Crippen molar-refractivity contribution in [3.8, 4) is 11.3 Å². The monoisotopic (exact) mass is 1910 g/mol. The van der Waals surface area contributed by atoms with Crippen LogP contribution in [0.1, 0.15) is 163 Å². The van der Waals surface area contributed by atoms with Crippen molar-refractivity contribution in [1.82, 2.24) is 64.7 Å². The van der Waals surface area contributed by atoms with Gasteiger partial charge in [0.15, 0.2) is 17.0 Å². The third-order valence-electron chi connectivity index (χ3n) is 27.5. The van der Waals surface area contributed by atoms with Crippen LogP contribution in [0.5, 0.6) is 0 Å². The summed E-state index contributed by atoms with van der Waals surface area (Å²) in [5, 5.41) is 43.2. The number of carbonyl (C=O) groups is 8. The Morgan fingerprint density at radius 1 is 0.688 bits per heavy atom. The summed E-state index contributed by atoms with van der Waals surface area (Å²) >= 11 is 0. The predicted molar refractivity (Wildman–Crippen MR) is 508 cm³/mol. The number of nitrogen functional groups attached to an aromatic ring is 2. The van der Waals surface area contributed by atoms with E-state index in [2.05, 4.69) is 47.3 Å². The number of ether oxygens (including phenoxy) is 9. The number of Topliss-reactive ketones (excluding diaryl/α,β-unsaturated/α-hetero) is 3. The van der Waals surface area contributed by atoms with Crippen molar-refractivity contribution in [2.45, 2.75) is 218 Å². The number of piperidine rings is 1. The number of benzene rings is 2. The maximum absolute atomic E-state index is 14.8. The number of anilines is 4. The summed E-state index contributed by atoms with van der Waals surface area (Å²) in [5.74, 6) is -8.31. The molecule has 744 valence electrons. The van der Waals surface area contributed by atoms with Crippen molar-refractivity contribution in [3.05, 3.63) is 142 Å². The summed E-state index contributed by atoms with van der Waals surface area (Å²) in [6.45, 7) is 17.5. The largest absolute Gasteiger partial charge is 0.459 e. The Morgan fingerprint density at radius 2 is 1.41 bits per heavy atom. The molecule has 11 heterocycles. The zero-order valence-corrected chi connectivity index (χ0v) is 80.0. The van der Waals surface area contributed by atoms with E-state index in [9.17, 15) is 53.7 Å². The Morgan fingerprint density at radius 3 is 2.15 bits per heavy atom. The molecule has 1 aliphatic carbocycles. The standard InChI is InChI=1S/C99H132N18O21/c1-59-14-10-9-11-15-60(2)80(129-7)50-72-22-17-64(6)99(128,138-72)89(123)93(125)116-29-13-12-16-76(116)94(126)135-81(51-77(118)61(3)45-63(5)87(121)88(122)86(120)62(4)44-59)73(100)47-65-19-23-79(82(48-65)130-8)137-98(127)115-31-26-74-71(57-115)54-106-97(110-74)113-34-32-112(33-35-113)96-104-52-70(53-105-96)92(124)103-28-37-132-39-41-134-43-42-133-40-38-131-36-27-83(119)114-30-25-67-46-66(18-20-69(67)56-114)55-117-91-84(90(101)107-58-108-91)85(111-117)68-21-24-78-75(49-68)109-95(102)136-78/h9-11,14-15,18,20-21,24,45-46,49,52-54,58-59,61-62,64-65,72-73,76,79-82,87-88,121-122,128H,12-13,16-17,19,22-23,25-44,47-48,50-51,55-57,100H2,1-8H3,(H2,102,109)(H,103,124)(H2,101,107,108)/b11-9+,14-10+,60-15+,63-45+/t59-,61-,62-,64-,65+,72+,73-,76+,79-,80+,81+,82-,87-,88+,99-/m1/s1. The molecule has 15 atom stereocenters. The molecule has 0 radical (unpaired) electrons. The van der Waals surface area contributed by atoms with Gasteiger partial charge in [-0.05, 0) is 142 Å². The molecule has 10 N–H and O–H groups in total. The minimum atomic E-state index is -2.52. The van der Waals surface area contributed by atoms with Gasteiger partial charge in [0.2, 0.25) is 23.6 Å². The number of fused-ring (bicyclic) bond motifs is 7. The van der Waals surface area contributed by atoms with E-state index in [4.69, 9.17) is 79.3 Å². The van der Waals surface area contributed by atoms with Crippen molar-refractivity contribution in [1.29, 1.82) is 0 Å². The number of nitrogens with two attached hydrogens (primary N) is 3. The van der Waals surface area contributed by atoms with E-state index in [1.165, 1.54) is 44.4 Å². The van der Waals surface area contributed by atoms with Gasteiger partial charge < -0.3 is 109 Å². The number of aromatic nitrogens is 9. The molecule has 0 spiro atoms. The number of allylic oxidation sites excluding steroid dienone is 6. The van der Waals surface area contributed by atoms with Gasteiger partial charge in [-0.3, -0.25) is 28.8 Å². The highest BCUT2D eigenvalue weighted by molar-refractivity contribution is 6.39. The molecule has 7 aromatic rings. The number of methoxy groups -OCH3 is 2. The summed E-state index contributed by atoms with van der Waals surface area (Å²) < 4.78 is 60.6. The Bertz CT molecular complexity index is 5550. The second kappa shape index (κ2) is 47.9. The number of aliphatic hydroxyl groups excluding tert-OH is 2. The summed E-state index contributed by atoms with van der Waals surface area (Å²) in [6.07, 6.45) is 14.4. The topological polar surface area (TPSA) is 508 Å². The van der Waals surface area contributed by atoms with E-state index in [0.717, 1.165) is 38.4 Å². The third-order valence-corrected chi connectivity index (χ3v) is 27.5. The van der Waals surface area contributed by atoms with E-state index in [1.54, 1.807) is 45.0 Å². The summed E-state index contributed by atoms with van der Waals surface area (Å²) in [6, 6.07) is 9.61. The van der Waals surface area contributed by atoms with Crippen LogP contribution in [-0.4, -0.2) is 302 Å². The molecule has 39 heteroatoms. The van der Waals surface area contributed by atoms with E-state index >= 15 is 0 Å². The van der Waals surface area contributed by atoms with Gasteiger partial charge in [0.25, 0.3) is 23.6 Å². The van der Waals surface area contributed by atoms with Crippen LogP contribution in [0.25, 0.3) is 33.4 Å². The lowest BCUT2D eigenvalue weighted by Crippen LogP contribution is -2.61. The first-order chi connectivity index (χ1) is 66.5. The van der Waals surface area contributed by atoms with Gasteiger partial charge in [-0.25, -0.2) is 44.2 Å². The molecule has 3 saturated heterocycles. The second-order valence-electron chi connectivity index (χ2n) is 37.3. The molecule has 39 nitrogen and oxygen atoms in total. The van der Waals surface area contributed by atoms with Crippen molar-refractivity contribution in [3.63, 3.8) is 0 Å². The molecule has 138 heavy (non-hydrogen) atoms. The number of amides is 4. The SMILES string of the molecule is CO[C@H]1C[C@@H]2CC[C@@H](C)[C@@](O)(O2)C(=O)C(=O)N2CCCC[C@H]2C(=O)O[C@H]([C@H](N)C[C@@H]2CC[C@@H](OC(=O)N3CCc4nc(N5CCN(c6ncc(C(=O)NCCOCCOCCOCCOCCC(=O)N7CCc8cc(Cn9nc(-c%10ccc%11oc(N)nc%11c%10)c%10c(N)ncnc%109)ccc8C7)cn6)CC5)ncc4C3)[C@H](OC)C2)CC(=O)[C@H](C)/C=C(\C)[C@@H](O)[C@@H](O)C(=O)[C@H](C)C[C@H](C)/C=C/C=C/C=C/1C. The second-order valence-corrected chi connectivity index (χ2v) is 37.3.